The third kappa shape index (κ3) is 9.13. The normalized spacial score (nSPS) is 14.9. The molecule has 25 heavy (non-hydrogen) atoms. The van der Waals surface area contributed by atoms with Crippen molar-refractivity contribution in [3.63, 3.8) is 0 Å². The highest BCUT2D eigenvalue weighted by atomic mass is 33.1. The summed E-state index contributed by atoms with van der Waals surface area (Å²) in [7, 11) is 3.26. The minimum absolute atomic E-state index is 0.0111. The van der Waals surface area contributed by atoms with Crippen molar-refractivity contribution >= 4 is 33.4 Å². The molecule has 1 aromatic rings. The number of aromatic nitrogens is 1. The molecule has 0 spiro atoms. The van der Waals surface area contributed by atoms with Gasteiger partial charge in [0, 0.05) is 31.5 Å². The summed E-state index contributed by atoms with van der Waals surface area (Å²) < 4.78 is 0. The van der Waals surface area contributed by atoms with Crippen LogP contribution in [-0.4, -0.2) is 60.2 Å². The first-order valence-electron chi connectivity index (χ1n) is 8.70. The zero-order valence-corrected chi connectivity index (χ0v) is 16.0. The fourth-order valence-corrected chi connectivity index (χ4v) is 4.30. The molecule has 0 bridgehead atoms. The molecule has 0 unspecified atom stereocenters. The van der Waals surface area contributed by atoms with Gasteiger partial charge in [-0.25, -0.2) is 4.98 Å². The average molecular weight is 383 g/mol. The Morgan fingerprint density at radius 2 is 1.88 bits per heavy atom. The third-order valence-electron chi connectivity index (χ3n) is 3.78. The molecule has 1 aliphatic rings. The number of likely N-dealkylation sites (tertiary alicyclic amines) is 1. The van der Waals surface area contributed by atoms with E-state index in [0.717, 1.165) is 23.9 Å². The average Bonchev–Trinajstić information content (AvgIpc) is 2.63. The first-order valence-corrected chi connectivity index (χ1v) is 11.0. The SMILES string of the molecule is O=C(CCNC(=O)CN1CCCCC1)NCCSSc1ccccn1. The van der Waals surface area contributed by atoms with Gasteiger partial charge in [-0.1, -0.05) is 23.3 Å². The Hall–Kier alpha value is -1.25. The molecule has 1 aliphatic heterocycles. The number of nitrogens with zero attached hydrogens (tertiary/aromatic N) is 2. The van der Waals surface area contributed by atoms with Crippen LogP contribution >= 0.6 is 21.6 Å². The molecule has 6 nitrogen and oxygen atoms in total. The van der Waals surface area contributed by atoms with E-state index < -0.39 is 0 Å². The Morgan fingerprint density at radius 1 is 1.08 bits per heavy atom. The second kappa shape index (κ2) is 12.2. The monoisotopic (exact) mass is 382 g/mol. The van der Waals surface area contributed by atoms with Crippen LogP contribution in [0, 0.1) is 0 Å². The largest absolute Gasteiger partial charge is 0.355 e. The summed E-state index contributed by atoms with van der Waals surface area (Å²) in [6.07, 6.45) is 5.70. The number of piperidine rings is 1. The van der Waals surface area contributed by atoms with Gasteiger partial charge in [0.1, 0.15) is 5.03 Å². The molecular weight excluding hydrogens is 356 g/mol. The Kier molecular flexibility index (Phi) is 9.76. The van der Waals surface area contributed by atoms with E-state index in [0.29, 0.717) is 26.1 Å². The fraction of sp³-hybridized carbons (Fsp3) is 0.588. The van der Waals surface area contributed by atoms with Crippen LogP contribution in [0.4, 0.5) is 0 Å². The predicted octanol–water partition coefficient (Wildman–Crippen LogP) is 1.93. The van der Waals surface area contributed by atoms with E-state index in [4.69, 9.17) is 0 Å². The van der Waals surface area contributed by atoms with Gasteiger partial charge in [-0.15, -0.1) is 0 Å². The van der Waals surface area contributed by atoms with E-state index in [-0.39, 0.29) is 11.8 Å². The lowest BCUT2D eigenvalue weighted by Gasteiger charge is -2.25. The summed E-state index contributed by atoms with van der Waals surface area (Å²) in [5.74, 6) is 0.799. The van der Waals surface area contributed by atoms with Crippen molar-refractivity contribution < 1.29 is 9.59 Å². The highest BCUT2D eigenvalue weighted by molar-refractivity contribution is 8.76. The number of nitrogens with one attached hydrogen (secondary N) is 2. The van der Waals surface area contributed by atoms with Crippen molar-refractivity contribution in [1.29, 1.82) is 0 Å². The molecule has 2 rings (SSSR count). The zero-order valence-electron chi connectivity index (χ0n) is 14.4. The van der Waals surface area contributed by atoms with Gasteiger partial charge in [0.05, 0.1) is 6.54 Å². The number of carbonyl (C=O) groups excluding carboxylic acids is 2. The summed E-state index contributed by atoms with van der Waals surface area (Å²) in [6, 6.07) is 5.81. The number of hydrogen-bond donors (Lipinski definition) is 2. The van der Waals surface area contributed by atoms with Gasteiger partial charge in [-0.2, -0.15) is 0 Å². The van der Waals surface area contributed by atoms with Gasteiger partial charge in [-0.05, 0) is 48.9 Å². The van der Waals surface area contributed by atoms with E-state index >= 15 is 0 Å². The van der Waals surface area contributed by atoms with Crippen LogP contribution < -0.4 is 10.6 Å². The summed E-state index contributed by atoms with van der Waals surface area (Å²) >= 11 is 0. The van der Waals surface area contributed by atoms with E-state index in [1.807, 2.05) is 18.2 Å². The molecule has 138 valence electrons. The molecule has 2 N–H and O–H groups in total. The number of carbonyl (C=O) groups is 2. The van der Waals surface area contributed by atoms with E-state index in [1.165, 1.54) is 19.3 Å². The third-order valence-corrected chi connectivity index (χ3v) is 6.05. The van der Waals surface area contributed by atoms with Crippen LogP contribution in [-0.2, 0) is 9.59 Å². The van der Waals surface area contributed by atoms with Gasteiger partial charge >= 0.3 is 0 Å². The Labute approximate surface area is 157 Å². The smallest absolute Gasteiger partial charge is 0.234 e. The van der Waals surface area contributed by atoms with Crippen molar-refractivity contribution in [2.45, 2.75) is 30.7 Å². The Balaban J connectivity index is 1.44. The van der Waals surface area contributed by atoms with Crippen LogP contribution in [0.5, 0.6) is 0 Å². The van der Waals surface area contributed by atoms with Crippen LogP contribution in [0.2, 0.25) is 0 Å². The second-order valence-electron chi connectivity index (χ2n) is 5.86. The lowest BCUT2D eigenvalue weighted by atomic mass is 10.1. The number of amides is 2. The minimum atomic E-state index is -0.0262. The maximum atomic E-state index is 11.8. The summed E-state index contributed by atoms with van der Waals surface area (Å²) in [5.41, 5.74) is 0. The lowest BCUT2D eigenvalue weighted by molar-refractivity contribution is -0.123. The van der Waals surface area contributed by atoms with Crippen molar-refractivity contribution in [2.24, 2.45) is 0 Å². The van der Waals surface area contributed by atoms with Crippen molar-refractivity contribution in [1.82, 2.24) is 20.5 Å². The van der Waals surface area contributed by atoms with E-state index in [9.17, 15) is 9.59 Å². The maximum Gasteiger partial charge on any atom is 0.234 e. The second-order valence-corrected chi connectivity index (χ2v) is 8.30. The van der Waals surface area contributed by atoms with Gasteiger partial charge in [0.2, 0.25) is 11.8 Å². The first kappa shape index (κ1) is 20.1. The lowest BCUT2D eigenvalue weighted by Crippen LogP contribution is -2.40. The van der Waals surface area contributed by atoms with Gasteiger partial charge in [0.25, 0.3) is 0 Å². The molecule has 0 saturated carbocycles. The number of hydrogen-bond acceptors (Lipinski definition) is 6. The van der Waals surface area contributed by atoms with Gasteiger partial charge in [0.15, 0.2) is 0 Å². The molecule has 2 heterocycles. The highest BCUT2D eigenvalue weighted by Crippen LogP contribution is 2.28. The standard InChI is InChI=1S/C17H26N4O2S2/c22-15(19-10-13-24-25-17-6-2-3-8-20-17)7-9-18-16(23)14-21-11-4-1-5-12-21/h2-3,6,8H,1,4-5,7,9-14H2,(H,18,23)(H,19,22). The summed E-state index contributed by atoms with van der Waals surface area (Å²) in [5, 5.41) is 6.66. The molecule has 8 heteroatoms. The van der Waals surface area contributed by atoms with Gasteiger partial charge in [-0.3, -0.25) is 14.5 Å². The molecule has 0 aliphatic carbocycles. The Bertz CT molecular complexity index is 525. The quantitative estimate of drug-likeness (QED) is 0.476. The van der Waals surface area contributed by atoms with Crippen LogP contribution in [0.1, 0.15) is 25.7 Å². The minimum Gasteiger partial charge on any atom is -0.355 e. The van der Waals surface area contributed by atoms with Crippen LogP contribution in [0.15, 0.2) is 29.4 Å². The molecular formula is C17H26N4O2S2. The summed E-state index contributed by atoms with van der Waals surface area (Å²) in [6.45, 7) is 3.46. The van der Waals surface area contributed by atoms with Gasteiger partial charge < -0.3 is 10.6 Å². The number of rotatable bonds is 10. The predicted molar refractivity (Wildman–Crippen MR) is 103 cm³/mol. The van der Waals surface area contributed by atoms with E-state index in [1.54, 1.807) is 27.8 Å². The first-order chi connectivity index (χ1) is 12.2. The van der Waals surface area contributed by atoms with E-state index in [2.05, 4.69) is 20.5 Å². The molecule has 2 amide bonds. The summed E-state index contributed by atoms with van der Waals surface area (Å²) in [4.78, 5) is 30.0. The van der Waals surface area contributed by atoms with Crippen molar-refractivity contribution in [3.8, 4) is 0 Å². The van der Waals surface area contributed by atoms with Crippen LogP contribution in [0.3, 0.4) is 0 Å². The molecule has 0 aromatic carbocycles. The molecule has 0 radical (unpaired) electrons. The Morgan fingerprint density at radius 3 is 2.64 bits per heavy atom. The van der Waals surface area contributed by atoms with Crippen molar-refractivity contribution in [2.75, 3.05) is 38.5 Å². The van der Waals surface area contributed by atoms with Crippen LogP contribution in [0.25, 0.3) is 0 Å². The highest BCUT2D eigenvalue weighted by Gasteiger charge is 2.13. The topological polar surface area (TPSA) is 74.3 Å². The zero-order chi connectivity index (χ0) is 17.7. The molecule has 1 saturated heterocycles. The van der Waals surface area contributed by atoms with Crippen molar-refractivity contribution in [3.05, 3.63) is 24.4 Å². The molecule has 1 fully saturated rings. The molecule has 1 aromatic heterocycles. The maximum absolute atomic E-state index is 11.8. The number of pyridine rings is 1. The molecule has 0 atom stereocenters. The fourth-order valence-electron chi connectivity index (χ4n) is 2.51.